The third-order valence-corrected chi connectivity index (χ3v) is 8.55. The number of rotatable bonds is 22. The first-order valence-electron chi connectivity index (χ1n) is 16.6. The number of allylic oxidation sites excluding steroid dienone is 2. The summed E-state index contributed by atoms with van der Waals surface area (Å²) in [7, 11) is 0. The van der Waals surface area contributed by atoms with E-state index in [9.17, 15) is 0 Å². The molecule has 0 aliphatic carbocycles. The Labute approximate surface area is 250 Å². The minimum absolute atomic E-state index is 0.319. The molecule has 0 saturated carbocycles. The maximum atomic E-state index is 6.30. The average Bonchev–Trinajstić information content (AvgIpc) is 3.94. The molecular weight excluding hydrogens is 504 g/mol. The first-order valence-corrected chi connectivity index (χ1v) is 16.6. The van der Waals surface area contributed by atoms with E-state index in [0.717, 1.165) is 12.8 Å². The van der Waals surface area contributed by atoms with Gasteiger partial charge in [0.25, 0.3) is 0 Å². The van der Waals surface area contributed by atoms with Crippen molar-refractivity contribution < 1.29 is 14.2 Å². The third kappa shape index (κ3) is 10.5. The summed E-state index contributed by atoms with van der Waals surface area (Å²) in [5.41, 5.74) is 4.27. The predicted molar refractivity (Wildman–Crippen MR) is 173 cm³/mol. The van der Waals surface area contributed by atoms with Crippen molar-refractivity contribution in [2.24, 2.45) is 0 Å². The van der Waals surface area contributed by atoms with E-state index >= 15 is 0 Å². The van der Waals surface area contributed by atoms with Crippen molar-refractivity contribution in [2.75, 3.05) is 26.4 Å². The van der Waals surface area contributed by atoms with Crippen LogP contribution in [0.2, 0.25) is 0 Å². The summed E-state index contributed by atoms with van der Waals surface area (Å²) in [4.78, 5) is 0. The van der Waals surface area contributed by atoms with Crippen molar-refractivity contribution >= 4 is 12.2 Å². The van der Waals surface area contributed by atoms with E-state index in [4.69, 9.17) is 14.2 Å². The Kier molecular flexibility index (Phi) is 13.2. The molecule has 0 spiro atoms. The minimum Gasteiger partial charge on any atom is -0.375 e. The second kappa shape index (κ2) is 17.0. The Morgan fingerprint density at radius 2 is 1.02 bits per heavy atom. The molecule has 2 heterocycles. The summed E-state index contributed by atoms with van der Waals surface area (Å²) in [6, 6.07) is 17.5. The lowest BCUT2D eigenvalue weighted by atomic mass is 9.97. The summed E-state index contributed by atoms with van der Waals surface area (Å²) in [6.07, 6.45) is 27.6. The van der Waals surface area contributed by atoms with Crippen LogP contribution in [-0.4, -0.2) is 26.4 Å². The van der Waals surface area contributed by atoms with Crippen LogP contribution in [0.25, 0.3) is 12.2 Å². The van der Waals surface area contributed by atoms with Crippen LogP contribution >= 0.6 is 0 Å². The van der Waals surface area contributed by atoms with Crippen LogP contribution in [0.5, 0.6) is 0 Å². The quantitative estimate of drug-likeness (QED) is 0.106. The number of hydrogen-bond donors (Lipinski definition) is 0. The van der Waals surface area contributed by atoms with Gasteiger partial charge in [-0.25, -0.2) is 0 Å². The SMILES string of the molecule is CCCCCCCC/C=C/c1cccc(C2(COCC3(c4cccc(/C=C/CCCCCCCC)c4)CO3)CO2)c1. The Hall–Kier alpha value is -2.20. The number of benzene rings is 2. The average molecular weight is 559 g/mol. The van der Waals surface area contributed by atoms with E-state index in [0.29, 0.717) is 26.4 Å². The summed E-state index contributed by atoms with van der Waals surface area (Å²) in [5.74, 6) is 0. The van der Waals surface area contributed by atoms with Gasteiger partial charge in [-0.15, -0.1) is 0 Å². The summed E-state index contributed by atoms with van der Waals surface area (Å²) < 4.78 is 18.3. The Morgan fingerprint density at radius 3 is 1.44 bits per heavy atom. The van der Waals surface area contributed by atoms with E-state index in [1.54, 1.807) is 0 Å². The smallest absolute Gasteiger partial charge is 0.140 e. The van der Waals surface area contributed by atoms with Crippen molar-refractivity contribution in [2.45, 2.75) is 115 Å². The summed E-state index contributed by atoms with van der Waals surface area (Å²) in [6.45, 7) is 7.08. The molecule has 0 N–H and O–H groups in total. The minimum atomic E-state index is -0.319. The van der Waals surface area contributed by atoms with Crippen molar-refractivity contribution in [3.05, 3.63) is 82.9 Å². The molecule has 2 aliphatic heterocycles. The molecule has 224 valence electrons. The second-order valence-corrected chi connectivity index (χ2v) is 12.2. The highest BCUT2D eigenvalue weighted by molar-refractivity contribution is 5.52. The monoisotopic (exact) mass is 558 g/mol. The highest BCUT2D eigenvalue weighted by Crippen LogP contribution is 2.43. The highest BCUT2D eigenvalue weighted by atomic mass is 16.6. The Bertz CT molecular complexity index is 991. The molecule has 2 aromatic carbocycles. The van der Waals surface area contributed by atoms with Gasteiger partial charge in [0.2, 0.25) is 0 Å². The van der Waals surface area contributed by atoms with E-state index in [1.807, 2.05) is 0 Å². The van der Waals surface area contributed by atoms with Crippen molar-refractivity contribution in [3.63, 3.8) is 0 Å². The first kappa shape index (κ1) is 31.7. The molecule has 0 bridgehead atoms. The number of ether oxygens (including phenoxy) is 3. The van der Waals surface area contributed by atoms with E-state index in [-0.39, 0.29) is 11.2 Å². The standard InChI is InChI=1S/C38H54O3/c1-3-5-7-9-11-13-15-17-21-33-23-19-25-35(27-33)37(31-40-37)29-39-30-38(32-41-38)36-26-20-24-34(28-36)22-18-16-14-12-10-8-6-4-2/h17-28H,3-16,29-32H2,1-2H3/b21-17+,22-18+. The lowest BCUT2D eigenvalue weighted by Gasteiger charge is -2.17. The molecule has 2 saturated heterocycles. The zero-order chi connectivity index (χ0) is 28.6. The highest BCUT2D eigenvalue weighted by Gasteiger charge is 2.50. The van der Waals surface area contributed by atoms with Gasteiger partial charge in [0, 0.05) is 0 Å². The zero-order valence-electron chi connectivity index (χ0n) is 25.9. The van der Waals surface area contributed by atoms with E-state index in [1.165, 1.54) is 99.3 Å². The topological polar surface area (TPSA) is 34.3 Å². The van der Waals surface area contributed by atoms with Gasteiger partial charge < -0.3 is 14.2 Å². The molecule has 2 aromatic rings. The zero-order valence-corrected chi connectivity index (χ0v) is 25.9. The number of hydrogen-bond acceptors (Lipinski definition) is 3. The molecule has 41 heavy (non-hydrogen) atoms. The molecule has 0 amide bonds. The molecular formula is C38H54O3. The maximum Gasteiger partial charge on any atom is 0.140 e. The van der Waals surface area contributed by atoms with Gasteiger partial charge in [-0.3, -0.25) is 0 Å². The normalized spacial score (nSPS) is 21.7. The molecule has 4 rings (SSSR count). The van der Waals surface area contributed by atoms with Crippen molar-refractivity contribution in [1.82, 2.24) is 0 Å². The third-order valence-electron chi connectivity index (χ3n) is 8.55. The lowest BCUT2D eigenvalue weighted by Crippen LogP contribution is -2.23. The van der Waals surface area contributed by atoms with E-state index in [2.05, 4.69) is 86.7 Å². The fourth-order valence-corrected chi connectivity index (χ4v) is 5.60. The summed E-state index contributed by atoms with van der Waals surface area (Å²) >= 11 is 0. The van der Waals surface area contributed by atoms with Gasteiger partial charge >= 0.3 is 0 Å². The fourth-order valence-electron chi connectivity index (χ4n) is 5.60. The molecule has 2 fully saturated rings. The van der Waals surface area contributed by atoms with Crippen LogP contribution < -0.4 is 0 Å². The molecule has 0 aromatic heterocycles. The number of unbranched alkanes of at least 4 members (excludes halogenated alkanes) is 12. The molecule has 0 radical (unpaired) electrons. The van der Waals surface area contributed by atoms with Gasteiger partial charge in [0.15, 0.2) is 0 Å². The Morgan fingerprint density at radius 1 is 0.610 bits per heavy atom. The molecule has 2 unspecified atom stereocenters. The fraction of sp³-hybridized carbons (Fsp3) is 0.579. The van der Waals surface area contributed by atoms with Gasteiger partial charge in [-0.05, 0) is 60.1 Å². The first-order chi connectivity index (χ1) is 20.2. The summed E-state index contributed by atoms with van der Waals surface area (Å²) in [5, 5.41) is 0. The molecule has 2 aliphatic rings. The maximum absolute atomic E-state index is 6.30. The second-order valence-electron chi connectivity index (χ2n) is 12.2. The van der Waals surface area contributed by atoms with Crippen LogP contribution in [-0.2, 0) is 25.4 Å². The lowest BCUT2D eigenvalue weighted by molar-refractivity contribution is 0.0403. The van der Waals surface area contributed by atoms with Crippen molar-refractivity contribution in [3.8, 4) is 0 Å². The van der Waals surface area contributed by atoms with E-state index < -0.39 is 0 Å². The molecule has 2 atom stereocenters. The van der Waals surface area contributed by atoms with Gasteiger partial charge in [-0.2, -0.15) is 0 Å². The Balaban J connectivity index is 1.21. The molecule has 3 heteroatoms. The predicted octanol–water partition coefficient (Wildman–Crippen LogP) is 10.4. The van der Waals surface area contributed by atoms with Crippen LogP contribution in [0.1, 0.15) is 126 Å². The molecule has 3 nitrogen and oxygen atoms in total. The van der Waals surface area contributed by atoms with Gasteiger partial charge in [-0.1, -0.05) is 139 Å². The van der Waals surface area contributed by atoms with Gasteiger partial charge in [0.1, 0.15) is 11.2 Å². The van der Waals surface area contributed by atoms with Crippen LogP contribution in [0.15, 0.2) is 60.7 Å². The van der Waals surface area contributed by atoms with Gasteiger partial charge in [0.05, 0.1) is 26.4 Å². The van der Waals surface area contributed by atoms with Crippen LogP contribution in [0.4, 0.5) is 0 Å². The van der Waals surface area contributed by atoms with Crippen LogP contribution in [0, 0.1) is 0 Å². The number of epoxide rings is 2. The van der Waals surface area contributed by atoms with Crippen molar-refractivity contribution in [1.29, 1.82) is 0 Å². The largest absolute Gasteiger partial charge is 0.375 e. The van der Waals surface area contributed by atoms with Crippen LogP contribution in [0.3, 0.4) is 0 Å².